The van der Waals surface area contributed by atoms with Gasteiger partial charge in [-0.2, -0.15) is 0 Å². The normalized spacial score (nSPS) is 20.0. The van der Waals surface area contributed by atoms with Crippen LogP contribution >= 0.6 is 0 Å². The predicted octanol–water partition coefficient (Wildman–Crippen LogP) is 4.51. The van der Waals surface area contributed by atoms with Gasteiger partial charge in [0.1, 0.15) is 6.10 Å². The number of terminal acetylenes is 1. The monoisotopic (exact) mass is 390 g/mol. The standard InChI is InChI=1S/C25H30O2Si/c1-6-21-17-20(2)18-22(27-21)19-26-28(25(3,4)5,23-13-9-7-10-14-23)24-15-11-8-12-16-24/h1,7-17,20,22H,18-19H2,2-5H3/t20-,22+/m0/s1. The predicted molar refractivity (Wildman–Crippen MR) is 119 cm³/mol. The van der Waals surface area contributed by atoms with Crippen LogP contribution in [0.25, 0.3) is 0 Å². The topological polar surface area (TPSA) is 18.5 Å². The molecule has 0 saturated carbocycles. The minimum Gasteiger partial charge on any atom is -0.480 e. The molecule has 0 radical (unpaired) electrons. The van der Waals surface area contributed by atoms with Crippen LogP contribution in [0.5, 0.6) is 0 Å². The fourth-order valence-electron chi connectivity index (χ4n) is 4.17. The molecule has 1 heterocycles. The molecule has 0 bridgehead atoms. The van der Waals surface area contributed by atoms with Crippen molar-refractivity contribution in [2.24, 2.45) is 5.92 Å². The van der Waals surface area contributed by atoms with Crippen molar-refractivity contribution in [3.63, 3.8) is 0 Å². The first-order valence-corrected chi connectivity index (χ1v) is 11.9. The molecule has 0 saturated heterocycles. The van der Waals surface area contributed by atoms with Crippen molar-refractivity contribution in [1.82, 2.24) is 0 Å². The summed E-state index contributed by atoms with van der Waals surface area (Å²) >= 11 is 0. The van der Waals surface area contributed by atoms with Gasteiger partial charge in [-0.05, 0) is 39.7 Å². The van der Waals surface area contributed by atoms with Gasteiger partial charge < -0.3 is 9.16 Å². The van der Waals surface area contributed by atoms with Crippen molar-refractivity contribution in [3.8, 4) is 12.3 Å². The van der Waals surface area contributed by atoms with Gasteiger partial charge in [-0.15, -0.1) is 6.42 Å². The van der Waals surface area contributed by atoms with Crippen LogP contribution in [0, 0.1) is 18.3 Å². The van der Waals surface area contributed by atoms with Gasteiger partial charge in [0.2, 0.25) is 0 Å². The highest BCUT2D eigenvalue weighted by atomic mass is 28.4. The van der Waals surface area contributed by atoms with Crippen LogP contribution < -0.4 is 10.4 Å². The first-order valence-electron chi connectivity index (χ1n) is 9.97. The molecule has 0 aromatic heterocycles. The van der Waals surface area contributed by atoms with Gasteiger partial charge in [-0.1, -0.05) is 88.4 Å². The molecule has 2 nitrogen and oxygen atoms in total. The maximum Gasteiger partial charge on any atom is 0.261 e. The summed E-state index contributed by atoms with van der Waals surface area (Å²) in [6.45, 7) is 9.58. The highest BCUT2D eigenvalue weighted by Crippen LogP contribution is 2.37. The molecule has 28 heavy (non-hydrogen) atoms. The largest absolute Gasteiger partial charge is 0.480 e. The van der Waals surface area contributed by atoms with Crippen molar-refractivity contribution in [2.75, 3.05) is 6.61 Å². The Bertz CT molecular complexity index is 804. The van der Waals surface area contributed by atoms with Crippen LogP contribution in [0.4, 0.5) is 0 Å². The Kier molecular flexibility index (Phi) is 6.13. The van der Waals surface area contributed by atoms with Gasteiger partial charge in [0, 0.05) is 0 Å². The van der Waals surface area contributed by atoms with E-state index in [1.165, 1.54) is 10.4 Å². The Hall–Kier alpha value is -2.28. The third-order valence-electron chi connectivity index (χ3n) is 5.41. The van der Waals surface area contributed by atoms with E-state index in [0.29, 0.717) is 18.3 Å². The van der Waals surface area contributed by atoms with Crippen LogP contribution in [0.15, 0.2) is 72.5 Å². The molecule has 1 aliphatic heterocycles. The van der Waals surface area contributed by atoms with E-state index in [1.54, 1.807) is 0 Å². The first kappa shape index (κ1) is 20.5. The Morgan fingerprint density at radius 3 is 2.04 bits per heavy atom. The lowest BCUT2D eigenvalue weighted by Crippen LogP contribution is -2.67. The zero-order chi connectivity index (χ0) is 20.2. The summed E-state index contributed by atoms with van der Waals surface area (Å²) in [5, 5.41) is 2.52. The van der Waals surface area contributed by atoms with E-state index in [0.717, 1.165) is 6.42 Å². The van der Waals surface area contributed by atoms with Gasteiger partial charge in [0.05, 0.1) is 6.61 Å². The van der Waals surface area contributed by atoms with Gasteiger partial charge >= 0.3 is 0 Å². The van der Waals surface area contributed by atoms with Crippen LogP contribution in [0.2, 0.25) is 5.04 Å². The molecular weight excluding hydrogens is 360 g/mol. The fourth-order valence-corrected chi connectivity index (χ4v) is 8.76. The molecule has 0 aliphatic carbocycles. The maximum absolute atomic E-state index is 6.97. The van der Waals surface area contributed by atoms with Crippen LogP contribution in [-0.4, -0.2) is 21.0 Å². The van der Waals surface area contributed by atoms with Gasteiger partial charge in [-0.3, -0.25) is 0 Å². The lowest BCUT2D eigenvalue weighted by molar-refractivity contribution is 0.0466. The summed E-state index contributed by atoms with van der Waals surface area (Å²) in [7, 11) is -2.54. The summed E-state index contributed by atoms with van der Waals surface area (Å²) in [5.41, 5.74) is 0. The number of allylic oxidation sites excluding steroid dienone is 2. The fraction of sp³-hybridized carbons (Fsp3) is 0.360. The number of rotatable bonds is 5. The second kappa shape index (κ2) is 8.39. The highest BCUT2D eigenvalue weighted by molar-refractivity contribution is 6.99. The van der Waals surface area contributed by atoms with Gasteiger partial charge in [0.15, 0.2) is 5.76 Å². The quantitative estimate of drug-likeness (QED) is 0.553. The number of hydrogen-bond acceptors (Lipinski definition) is 2. The van der Waals surface area contributed by atoms with E-state index in [-0.39, 0.29) is 11.1 Å². The van der Waals surface area contributed by atoms with Crippen LogP contribution in [0.3, 0.4) is 0 Å². The molecule has 0 fully saturated rings. The van der Waals surface area contributed by atoms with E-state index >= 15 is 0 Å². The smallest absolute Gasteiger partial charge is 0.261 e. The molecule has 3 heteroatoms. The second-order valence-corrected chi connectivity index (χ2v) is 12.9. The van der Waals surface area contributed by atoms with Crippen molar-refractivity contribution >= 4 is 18.7 Å². The summed E-state index contributed by atoms with van der Waals surface area (Å²) < 4.78 is 13.0. The lowest BCUT2D eigenvalue weighted by Gasteiger charge is -2.44. The van der Waals surface area contributed by atoms with Crippen molar-refractivity contribution in [3.05, 3.63) is 72.5 Å². The molecule has 0 spiro atoms. The molecule has 0 amide bonds. The second-order valence-electron chi connectivity index (χ2n) is 8.60. The van der Waals surface area contributed by atoms with Crippen molar-refractivity contribution in [1.29, 1.82) is 0 Å². The van der Waals surface area contributed by atoms with E-state index in [9.17, 15) is 0 Å². The molecule has 2 aromatic carbocycles. The molecule has 2 aromatic rings. The Balaban J connectivity index is 2.00. The van der Waals surface area contributed by atoms with Crippen molar-refractivity contribution < 1.29 is 9.16 Å². The Morgan fingerprint density at radius 2 is 1.57 bits per heavy atom. The average Bonchev–Trinajstić information content (AvgIpc) is 2.68. The van der Waals surface area contributed by atoms with Crippen molar-refractivity contribution in [2.45, 2.75) is 45.3 Å². The minimum atomic E-state index is -2.54. The van der Waals surface area contributed by atoms with Crippen LogP contribution in [0.1, 0.15) is 34.1 Å². The van der Waals surface area contributed by atoms with Gasteiger partial charge in [0.25, 0.3) is 8.32 Å². The molecular formula is C25H30O2Si. The third kappa shape index (κ3) is 4.09. The molecule has 3 rings (SSSR count). The highest BCUT2D eigenvalue weighted by Gasteiger charge is 2.50. The zero-order valence-corrected chi connectivity index (χ0v) is 18.3. The lowest BCUT2D eigenvalue weighted by atomic mass is 10.0. The van der Waals surface area contributed by atoms with Crippen LogP contribution in [-0.2, 0) is 9.16 Å². The minimum absolute atomic E-state index is 0.0206. The maximum atomic E-state index is 6.97. The average molecular weight is 391 g/mol. The Morgan fingerprint density at radius 1 is 1.04 bits per heavy atom. The van der Waals surface area contributed by atoms with Gasteiger partial charge in [-0.25, -0.2) is 0 Å². The van der Waals surface area contributed by atoms with E-state index in [1.807, 2.05) is 6.08 Å². The zero-order valence-electron chi connectivity index (χ0n) is 17.3. The summed E-state index contributed by atoms with van der Waals surface area (Å²) in [5.74, 6) is 3.68. The molecule has 0 unspecified atom stereocenters. The van der Waals surface area contributed by atoms with E-state index in [2.05, 4.69) is 94.3 Å². The first-order chi connectivity index (χ1) is 13.4. The molecule has 2 atom stereocenters. The SMILES string of the molecule is C#CC1=C[C@H](C)C[C@H](CO[Si](c2ccccc2)(c2ccccc2)C(C)(C)C)O1. The number of ether oxygens (including phenoxy) is 1. The summed E-state index contributed by atoms with van der Waals surface area (Å²) in [4.78, 5) is 0. The molecule has 0 N–H and O–H groups in total. The molecule has 146 valence electrons. The summed E-state index contributed by atoms with van der Waals surface area (Å²) in [6, 6.07) is 21.4. The third-order valence-corrected chi connectivity index (χ3v) is 10.4. The Labute approximate surface area is 170 Å². The number of benzene rings is 2. The van der Waals surface area contributed by atoms with E-state index in [4.69, 9.17) is 15.6 Å². The molecule has 1 aliphatic rings. The van der Waals surface area contributed by atoms with E-state index < -0.39 is 8.32 Å². The number of hydrogen-bond donors (Lipinski definition) is 0. The summed E-state index contributed by atoms with van der Waals surface area (Å²) in [6.07, 6.45) is 8.51.